The van der Waals surface area contributed by atoms with Crippen LogP contribution in [0.1, 0.15) is 6.92 Å². The maximum atomic E-state index is 13.0. The molecular formula is C29H34O16. The zero-order valence-electron chi connectivity index (χ0n) is 24.2. The lowest BCUT2D eigenvalue weighted by Gasteiger charge is -2.42. The van der Waals surface area contributed by atoms with Crippen molar-refractivity contribution >= 4 is 11.0 Å². The second-order valence-electron chi connectivity index (χ2n) is 10.7. The summed E-state index contributed by atoms with van der Waals surface area (Å²) < 4.78 is 38.4. The van der Waals surface area contributed by atoms with E-state index in [1.807, 2.05) is 0 Å². The number of benzene rings is 2. The number of hydrogen-bond donors (Lipinski definition) is 8. The van der Waals surface area contributed by atoms with Crippen LogP contribution in [0.2, 0.25) is 0 Å². The number of aliphatic hydroxyl groups excluding tert-OH is 6. The van der Waals surface area contributed by atoms with Crippen molar-refractivity contribution in [1.29, 1.82) is 0 Å². The van der Waals surface area contributed by atoms with Gasteiger partial charge in [0.1, 0.15) is 71.0 Å². The summed E-state index contributed by atoms with van der Waals surface area (Å²) in [7, 11) is 2.65. The molecule has 0 bridgehead atoms. The molecule has 16 nitrogen and oxygen atoms in total. The molecule has 2 fully saturated rings. The average Bonchev–Trinajstić information content (AvgIpc) is 3.01. The van der Waals surface area contributed by atoms with Gasteiger partial charge in [0, 0.05) is 23.8 Å². The second-order valence-corrected chi connectivity index (χ2v) is 10.7. The van der Waals surface area contributed by atoms with Gasteiger partial charge >= 0.3 is 0 Å². The number of ether oxygens (including phenoxy) is 6. The van der Waals surface area contributed by atoms with Crippen LogP contribution in [-0.4, -0.2) is 123 Å². The summed E-state index contributed by atoms with van der Waals surface area (Å²) in [4.78, 5) is 13.0. The standard InChI is InChI=1S/C29H34O16/c1-10-21(32)24(35)26(37)28(42-10)41-9-19-23(34)25(36)27(38)29(45-19)43-12-6-13(30)20-14(31)8-15(44-16(20)7-12)11-4-17(39-2)22(33)18(5-11)40-3/h4-8,10,19,21,23-30,32-38H,9H2,1-3H3/t10-,19-,21+,23-,24+,25+,26-,27-,28-,29-/m1/s1. The number of rotatable bonds is 8. The van der Waals surface area contributed by atoms with Crippen LogP contribution in [0, 0.1) is 0 Å². The zero-order chi connectivity index (χ0) is 32.7. The third kappa shape index (κ3) is 6.24. The van der Waals surface area contributed by atoms with Crippen molar-refractivity contribution in [3.8, 4) is 40.1 Å². The summed E-state index contributed by atoms with van der Waals surface area (Å²) in [6.07, 6.45) is -15.1. The number of phenolic OH excluding ortho intramolecular Hbond substituents is 2. The van der Waals surface area contributed by atoms with E-state index in [1.54, 1.807) is 0 Å². The largest absolute Gasteiger partial charge is 0.507 e. The van der Waals surface area contributed by atoms with Crippen LogP contribution in [0.15, 0.2) is 39.5 Å². The molecule has 10 atom stereocenters. The van der Waals surface area contributed by atoms with E-state index in [-0.39, 0.29) is 39.7 Å². The summed E-state index contributed by atoms with van der Waals surface area (Å²) in [6, 6.07) is 6.23. The topological polar surface area (TPSA) is 247 Å². The minimum absolute atomic E-state index is 0.0180. The summed E-state index contributed by atoms with van der Waals surface area (Å²) in [5, 5.41) is 82.3. The van der Waals surface area contributed by atoms with Crippen molar-refractivity contribution in [2.45, 2.75) is 68.3 Å². The first-order valence-corrected chi connectivity index (χ1v) is 13.8. The van der Waals surface area contributed by atoms with Crippen LogP contribution in [0.5, 0.6) is 28.7 Å². The van der Waals surface area contributed by atoms with Gasteiger partial charge < -0.3 is 73.7 Å². The van der Waals surface area contributed by atoms with E-state index in [2.05, 4.69) is 0 Å². The predicted molar refractivity (Wildman–Crippen MR) is 150 cm³/mol. The van der Waals surface area contributed by atoms with E-state index in [0.29, 0.717) is 5.56 Å². The summed E-state index contributed by atoms with van der Waals surface area (Å²) in [5.74, 6) is -0.858. The Morgan fingerprint density at radius 1 is 0.756 bits per heavy atom. The Labute approximate surface area is 254 Å². The average molecular weight is 639 g/mol. The molecule has 5 rings (SSSR count). The first kappa shape index (κ1) is 32.7. The quantitative estimate of drug-likeness (QED) is 0.146. The van der Waals surface area contributed by atoms with Gasteiger partial charge in [0.2, 0.25) is 12.0 Å². The molecule has 3 heterocycles. The van der Waals surface area contributed by atoms with Gasteiger partial charge in [-0.25, -0.2) is 0 Å². The molecule has 45 heavy (non-hydrogen) atoms. The van der Waals surface area contributed by atoms with E-state index in [0.717, 1.165) is 12.1 Å². The van der Waals surface area contributed by atoms with Crippen molar-refractivity contribution in [3.63, 3.8) is 0 Å². The fourth-order valence-corrected chi connectivity index (χ4v) is 5.12. The highest BCUT2D eigenvalue weighted by Gasteiger charge is 2.47. The van der Waals surface area contributed by atoms with Crippen molar-refractivity contribution < 1.29 is 73.7 Å². The molecule has 246 valence electrons. The highest BCUT2D eigenvalue weighted by atomic mass is 16.7. The number of methoxy groups -OCH3 is 2. The Hall–Kier alpha value is -3.71. The summed E-state index contributed by atoms with van der Waals surface area (Å²) in [6.45, 7) is 0.942. The molecular weight excluding hydrogens is 604 g/mol. The van der Waals surface area contributed by atoms with Crippen molar-refractivity contribution in [1.82, 2.24) is 0 Å². The Kier molecular flexibility index (Phi) is 9.41. The van der Waals surface area contributed by atoms with Gasteiger partial charge in [-0.15, -0.1) is 0 Å². The number of phenols is 2. The van der Waals surface area contributed by atoms with Crippen LogP contribution in [0.25, 0.3) is 22.3 Å². The Balaban J connectivity index is 1.39. The fourth-order valence-electron chi connectivity index (χ4n) is 5.12. The number of hydrogen-bond acceptors (Lipinski definition) is 16. The fraction of sp³-hybridized carbons (Fsp3) is 0.483. The first-order valence-electron chi connectivity index (χ1n) is 13.8. The van der Waals surface area contributed by atoms with Crippen molar-refractivity contribution in [2.24, 2.45) is 0 Å². The Morgan fingerprint density at radius 3 is 2.02 bits per heavy atom. The minimum atomic E-state index is -1.79. The first-order chi connectivity index (χ1) is 21.3. The molecule has 16 heteroatoms. The maximum absolute atomic E-state index is 13.0. The zero-order valence-corrected chi connectivity index (χ0v) is 24.2. The summed E-state index contributed by atoms with van der Waals surface area (Å²) in [5.41, 5.74) is -0.464. The molecule has 2 aliphatic rings. The van der Waals surface area contributed by atoms with Crippen LogP contribution >= 0.6 is 0 Å². The number of aliphatic hydroxyl groups is 6. The van der Waals surface area contributed by atoms with Crippen LogP contribution in [-0.2, 0) is 14.2 Å². The highest BCUT2D eigenvalue weighted by Crippen LogP contribution is 2.41. The molecule has 0 unspecified atom stereocenters. The van der Waals surface area contributed by atoms with Gasteiger partial charge in [-0.05, 0) is 19.1 Å². The third-order valence-electron chi connectivity index (χ3n) is 7.70. The SMILES string of the molecule is COc1cc(-c2cc(=O)c3c(O)cc(O[C@@H]4O[C@H](CO[C@@H]5O[C@H](C)[C@H](O)[C@H](O)[C@H]5O)[C@@H](O)[C@H](O)[C@H]4O)cc3o2)cc(OC)c1O. The molecule has 0 radical (unpaired) electrons. The van der Waals surface area contributed by atoms with Gasteiger partial charge in [0.25, 0.3) is 0 Å². The predicted octanol–water partition coefficient (Wildman–Crippen LogP) is -1.08. The molecule has 3 aromatic rings. The Bertz CT molecular complexity index is 1550. The monoisotopic (exact) mass is 638 g/mol. The second kappa shape index (κ2) is 13.0. The van der Waals surface area contributed by atoms with E-state index in [9.17, 15) is 45.6 Å². The maximum Gasteiger partial charge on any atom is 0.229 e. The lowest BCUT2D eigenvalue weighted by Crippen LogP contribution is -2.61. The van der Waals surface area contributed by atoms with Crippen LogP contribution in [0.4, 0.5) is 0 Å². The number of aromatic hydroxyl groups is 2. The smallest absolute Gasteiger partial charge is 0.229 e. The molecule has 8 N–H and O–H groups in total. The Morgan fingerprint density at radius 2 is 1.38 bits per heavy atom. The minimum Gasteiger partial charge on any atom is -0.507 e. The molecule has 2 aliphatic heterocycles. The van der Waals surface area contributed by atoms with Gasteiger partial charge in [-0.3, -0.25) is 4.79 Å². The third-order valence-corrected chi connectivity index (χ3v) is 7.70. The van der Waals surface area contributed by atoms with E-state index in [4.69, 9.17) is 32.8 Å². The highest BCUT2D eigenvalue weighted by molar-refractivity contribution is 5.86. The molecule has 2 aromatic carbocycles. The van der Waals surface area contributed by atoms with Crippen molar-refractivity contribution in [3.05, 3.63) is 40.6 Å². The molecule has 0 aliphatic carbocycles. The van der Waals surface area contributed by atoms with E-state index >= 15 is 0 Å². The van der Waals surface area contributed by atoms with Crippen molar-refractivity contribution in [2.75, 3.05) is 20.8 Å². The lowest BCUT2D eigenvalue weighted by molar-refractivity contribution is -0.318. The number of fused-ring (bicyclic) bond motifs is 1. The molecule has 0 spiro atoms. The molecule has 0 amide bonds. The molecule has 0 saturated carbocycles. The molecule has 2 saturated heterocycles. The van der Waals surface area contributed by atoms with Gasteiger partial charge in [-0.2, -0.15) is 0 Å². The van der Waals surface area contributed by atoms with Gasteiger partial charge in [-0.1, -0.05) is 0 Å². The van der Waals surface area contributed by atoms with E-state index in [1.165, 1.54) is 39.3 Å². The van der Waals surface area contributed by atoms with Crippen LogP contribution < -0.4 is 19.6 Å². The summed E-state index contributed by atoms with van der Waals surface area (Å²) >= 11 is 0. The van der Waals surface area contributed by atoms with Crippen LogP contribution in [0.3, 0.4) is 0 Å². The van der Waals surface area contributed by atoms with E-state index < -0.39 is 79.2 Å². The lowest BCUT2D eigenvalue weighted by atomic mass is 9.98. The normalized spacial score (nSPS) is 31.9. The van der Waals surface area contributed by atoms with Gasteiger partial charge in [0.05, 0.1) is 26.9 Å². The molecule has 1 aromatic heterocycles. The van der Waals surface area contributed by atoms with Gasteiger partial charge in [0.15, 0.2) is 23.2 Å².